The largest absolute Gasteiger partial charge is 0.490 e. The Morgan fingerprint density at radius 2 is 2.17 bits per heavy atom. The first-order chi connectivity index (χ1) is 5.85. The van der Waals surface area contributed by atoms with Crippen molar-refractivity contribution in [3.8, 4) is 5.75 Å². The van der Waals surface area contributed by atoms with Crippen molar-refractivity contribution in [2.75, 3.05) is 6.61 Å². The summed E-state index contributed by atoms with van der Waals surface area (Å²) in [5.74, 6) is 0.895. The summed E-state index contributed by atoms with van der Waals surface area (Å²) in [6.07, 6.45) is 1.00. The second kappa shape index (κ2) is 2.70. The fourth-order valence-electron chi connectivity index (χ4n) is 1.45. The maximum Gasteiger partial charge on any atom is 0.172 e. The van der Waals surface area contributed by atoms with Gasteiger partial charge in [-0.15, -0.1) is 0 Å². The molecule has 0 N–H and O–H groups in total. The van der Waals surface area contributed by atoms with Crippen molar-refractivity contribution in [2.24, 2.45) is 0 Å². The Labute approximate surface area is 71.5 Å². The summed E-state index contributed by atoms with van der Waals surface area (Å²) < 4.78 is 10.9. The molecular formula is C10H12O2. The highest BCUT2D eigenvalue weighted by atomic mass is 16.5. The summed E-state index contributed by atoms with van der Waals surface area (Å²) in [4.78, 5) is 0. The smallest absolute Gasteiger partial charge is 0.172 e. The van der Waals surface area contributed by atoms with Crippen molar-refractivity contribution < 1.29 is 9.15 Å². The van der Waals surface area contributed by atoms with E-state index in [1.54, 1.807) is 0 Å². The standard InChI is InChI=1S/C10H12O2/c1-3-7-5-8-6-9(11-4-2)10(7)12-8/h5-6H,3-4H2,1-2H3. The summed E-state index contributed by atoms with van der Waals surface area (Å²) in [5, 5.41) is 0. The Morgan fingerprint density at radius 3 is 2.75 bits per heavy atom. The molecule has 0 spiro atoms. The molecule has 2 aromatic heterocycles. The SMILES string of the molecule is CCOc1cc2cc(CC)c1o2. The van der Waals surface area contributed by atoms with Crippen molar-refractivity contribution in [1.29, 1.82) is 0 Å². The minimum Gasteiger partial charge on any atom is -0.490 e. The first-order valence-electron chi connectivity index (χ1n) is 4.32. The number of furan rings is 2. The Morgan fingerprint density at radius 1 is 1.33 bits per heavy atom. The first-order valence-corrected chi connectivity index (χ1v) is 4.32. The predicted octanol–water partition coefficient (Wildman–Crippen LogP) is 2.83. The minimum atomic E-state index is 0.697. The molecule has 12 heavy (non-hydrogen) atoms. The van der Waals surface area contributed by atoms with E-state index >= 15 is 0 Å². The highest BCUT2D eigenvalue weighted by Crippen LogP contribution is 2.33. The Balaban J connectivity index is 2.44. The van der Waals surface area contributed by atoms with Crippen LogP contribution in [-0.2, 0) is 6.42 Å². The number of rotatable bonds is 3. The molecule has 0 saturated carbocycles. The van der Waals surface area contributed by atoms with E-state index in [2.05, 4.69) is 13.0 Å². The monoisotopic (exact) mass is 164 g/mol. The molecule has 2 rings (SSSR count). The molecule has 0 fully saturated rings. The number of hydrogen-bond acceptors (Lipinski definition) is 2. The lowest BCUT2D eigenvalue weighted by Gasteiger charge is -2.00. The highest BCUT2D eigenvalue weighted by molar-refractivity contribution is 5.74. The molecule has 2 bridgehead atoms. The molecule has 0 saturated heterocycles. The average molecular weight is 164 g/mol. The van der Waals surface area contributed by atoms with Crippen LogP contribution in [0.4, 0.5) is 0 Å². The van der Waals surface area contributed by atoms with Crippen molar-refractivity contribution in [1.82, 2.24) is 0 Å². The van der Waals surface area contributed by atoms with Gasteiger partial charge in [0.1, 0.15) is 5.58 Å². The number of aryl methyl sites for hydroxylation is 1. The molecule has 2 heterocycles. The maximum atomic E-state index is 5.46. The van der Waals surface area contributed by atoms with E-state index < -0.39 is 0 Å². The molecule has 2 heteroatoms. The van der Waals surface area contributed by atoms with E-state index in [0.717, 1.165) is 23.3 Å². The summed E-state index contributed by atoms with van der Waals surface area (Å²) in [6, 6.07) is 4.01. The fourth-order valence-corrected chi connectivity index (χ4v) is 1.45. The lowest BCUT2D eigenvalue weighted by atomic mass is 10.2. The zero-order valence-electron chi connectivity index (χ0n) is 7.39. The third-order valence-corrected chi connectivity index (χ3v) is 2.01. The normalized spacial score (nSPS) is 11.2. The van der Waals surface area contributed by atoms with Gasteiger partial charge in [0, 0.05) is 11.6 Å². The molecule has 0 atom stereocenters. The Bertz CT molecular complexity index is 362. The third kappa shape index (κ3) is 0.951. The van der Waals surface area contributed by atoms with Gasteiger partial charge in [0.05, 0.1) is 6.61 Å². The topological polar surface area (TPSA) is 22.4 Å². The zero-order chi connectivity index (χ0) is 8.55. The van der Waals surface area contributed by atoms with Crippen LogP contribution in [0.2, 0.25) is 0 Å². The minimum absolute atomic E-state index is 0.697. The van der Waals surface area contributed by atoms with Crippen LogP contribution in [0.15, 0.2) is 16.5 Å². The van der Waals surface area contributed by atoms with Gasteiger partial charge in [-0.1, -0.05) is 6.92 Å². The van der Waals surface area contributed by atoms with Crippen LogP contribution in [0.5, 0.6) is 5.75 Å². The van der Waals surface area contributed by atoms with Gasteiger partial charge in [-0.25, -0.2) is 0 Å². The molecule has 2 aromatic rings. The number of hydrogen-bond donors (Lipinski definition) is 0. The summed E-state index contributed by atoms with van der Waals surface area (Å²) >= 11 is 0. The third-order valence-electron chi connectivity index (χ3n) is 2.01. The number of ether oxygens (including phenoxy) is 1. The number of benzene rings is 1. The summed E-state index contributed by atoms with van der Waals surface area (Å²) in [6.45, 7) is 4.80. The van der Waals surface area contributed by atoms with Gasteiger partial charge in [-0.2, -0.15) is 0 Å². The van der Waals surface area contributed by atoms with Gasteiger partial charge in [-0.05, 0) is 19.4 Å². The van der Waals surface area contributed by atoms with Crippen molar-refractivity contribution in [3.05, 3.63) is 17.7 Å². The quantitative estimate of drug-likeness (QED) is 0.696. The highest BCUT2D eigenvalue weighted by Gasteiger charge is 2.12. The zero-order valence-corrected chi connectivity index (χ0v) is 7.39. The molecule has 0 amide bonds. The Hall–Kier alpha value is -1.18. The van der Waals surface area contributed by atoms with Gasteiger partial charge < -0.3 is 9.15 Å². The second-order valence-electron chi connectivity index (χ2n) is 2.80. The molecular weight excluding hydrogens is 152 g/mol. The van der Waals surface area contributed by atoms with Gasteiger partial charge in [0.25, 0.3) is 0 Å². The van der Waals surface area contributed by atoms with Crippen LogP contribution in [0.1, 0.15) is 19.4 Å². The van der Waals surface area contributed by atoms with E-state index in [-0.39, 0.29) is 0 Å². The van der Waals surface area contributed by atoms with Crippen molar-refractivity contribution in [3.63, 3.8) is 0 Å². The lowest BCUT2D eigenvalue weighted by molar-refractivity contribution is 0.342. The summed E-state index contributed by atoms with van der Waals surface area (Å²) in [7, 11) is 0. The van der Waals surface area contributed by atoms with Crippen molar-refractivity contribution >= 4 is 11.2 Å². The maximum absolute atomic E-state index is 5.46. The molecule has 0 radical (unpaired) electrons. The van der Waals surface area contributed by atoms with Gasteiger partial charge in [0.2, 0.25) is 0 Å². The molecule has 2 nitrogen and oxygen atoms in total. The van der Waals surface area contributed by atoms with Gasteiger partial charge in [-0.3, -0.25) is 0 Å². The van der Waals surface area contributed by atoms with Crippen LogP contribution < -0.4 is 4.74 Å². The average Bonchev–Trinajstić information content (AvgIpc) is 2.62. The molecule has 0 aromatic carbocycles. The first kappa shape index (κ1) is 7.47. The summed E-state index contributed by atoms with van der Waals surface area (Å²) in [5.41, 5.74) is 3.09. The van der Waals surface area contributed by atoms with Crippen LogP contribution in [0, 0.1) is 0 Å². The molecule has 0 aliphatic heterocycles. The van der Waals surface area contributed by atoms with E-state index in [9.17, 15) is 0 Å². The van der Waals surface area contributed by atoms with Crippen LogP contribution in [-0.4, -0.2) is 6.61 Å². The predicted molar refractivity (Wildman–Crippen MR) is 47.9 cm³/mol. The second-order valence-corrected chi connectivity index (χ2v) is 2.80. The van der Waals surface area contributed by atoms with E-state index in [0.29, 0.717) is 6.61 Å². The van der Waals surface area contributed by atoms with Crippen LogP contribution in [0.3, 0.4) is 0 Å². The fraction of sp³-hybridized carbons (Fsp3) is 0.400. The van der Waals surface area contributed by atoms with Crippen molar-refractivity contribution in [2.45, 2.75) is 20.3 Å². The van der Waals surface area contributed by atoms with Gasteiger partial charge in [0.15, 0.2) is 11.3 Å². The van der Waals surface area contributed by atoms with E-state index in [1.165, 1.54) is 5.56 Å². The van der Waals surface area contributed by atoms with Crippen LogP contribution >= 0.6 is 0 Å². The lowest BCUT2D eigenvalue weighted by Crippen LogP contribution is -1.91. The van der Waals surface area contributed by atoms with Crippen LogP contribution in [0.25, 0.3) is 11.2 Å². The molecule has 0 unspecified atom stereocenters. The van der Waals surface area contributed by atoms with Gasteiger partial charge >= 0.3 is 0 Å². The number of fused-ring (bicyclic) bond motifs is 2. The Kier molecular flexibility index (Phi) is 1.68. The van der Waals surface area contributed by atoms with E-state index in [4.69, 9.17) is 9.15 Å². The molecule has 0 aliphatic carbocycles. The molecule has 0 aliphatic rings. The van der Waals surface area contributed by atoms with E-state index in [1.807, 2.05) is 13.0 Å². The molecule has 64 valence electrons.